The average molecular weight is 402 g/mol. The number of H-pyrrole nitrogens is 1. The van der Waals surface area contributed by atoms with E-state index in [2.05, 4.69) is 14.3 Å². The first kappa shape index (κ1) is 19.0. The minimum atomic E-state index is -0.442. The molecule has 3 heterocycles. The second-order valence-electron chi connectivity index (χ2n) is 6.66. The number of ether oxygens (including phenoxy) is 3. The number of nitrogens with zero attached hydrogens (tertiary/aromatic N) is 2. The molecule has 28 heavy (non-hydrogen) atoms. The monoisotopic (exact) mass is 402 g/mol. The molecule has 0 spiro atoms. The fourth-order valence-electron chi connectivity index (χ4n) is 3.57. The van der Waals surface area contributed by atoms with Crippen LogP contribution in [0.2, 0.25) is 0 Å². The van der Waals surface area contributed by atoms with Crippen molar-refractivity contribution in [2.75, 3.05) is 12.8 Å². The first-order valence-electron chi connectivity index (χ1n) is 9.11. The number of aromatic nitrogens is 3. The first-order chi connectivity index (χ1) is 13.6. The molecule has 9 heteroatoms. The van der Waals surface area contributed by atoms with Crippen molar-refractivity contribution in [3.63, 3.8) is 0 Å². The van der Waals surface area contributed by atoms with E-state index >= 15 is 0 Å². The van der Waals surface area contributed by atoms with E-state index in [1.54, 1.807) is 7.11 Å². The molecule has 0 amide bonds. The number of anilines is 1. The summed E-state index contributed by atoms with van der Waals surface area (Å²) in [6, 6.07) is 9.92. The topological polar surface area (TPSA) is 112 Å². The van der Waals surface area contributed by atoms with Crippen LogP contribution in [0, 0.1) is 0 Å². The Hall–Kier alpha value is -2.33. The van der Waals surface area contributed by atoms with Crippen LogP contribution in [0.5, 0.6) is 0 Å². The molecule has 1 saturated heterocycles. The lowest BCUT2D eigenvalue weighted by atomic mass is 10.0. The van der Waals surface area contributed by atoms with Crippen molar-refractivity contribution in [1.82, 2.24) is 14.3 Å². The Morgan fingerprint density at radius 3 is 2.75 bits per heavy atom. The summed E-state index contributed by atoms with van der Waals surface area (Å²) in [5.41, 5.74) is 7.15. The number of methoxy groups -OCH3 is 1. The first-order valence-corrected chi connectivity index (χ1v) is 9.88. The molecule has 1 aliphatic rings. The van der Waals surface area contributed by atoms with Gasteiger partial charge in [-0.2, -0.15) is 4.37 Å². The van der Waals surface area contributed by atoms with Crippen LogP contribution in [0.15, 0.2) is 35.1 Å². The molecule has 4 rings (SSSR count). The van der Waals surface area contributed by atoms with Crippen LogP contribution in [-0.4, -0.2) is 39.8 Å². The van der Waals surface area contributed by atoms with Gasteiger partial charge in [0.2, 0.25) is 5.95 Å². The van der Waals surface area contributed by atoms with Gasteiger partial charge in [-0.15, -0.1) is 0 Å². The maximum Gasteiger partial charge on any atom is 0.279 e. The highest BCUT2D eigenvalue weighted by Gasteiger charge is 2.47. The van der Waals surface area contributed by atoms with Gasteiger partial charge in [0.05, 0.1) is 17.6 Å². The zero-order valence-corrected chi connectivity index (χ0v) is 16.4. The fourth-order valence-corrected chi connectivity index (χ4v) is 4.45. The molecule has 1 fully saturated rings. The summed E-state index contributed by atoms with van der Waals surface area (Å²) in [6.45, 7) is 2.47. The van der Waals surface area contributed by atoms with E-state index in [0.29, 0.717) is 12.1 Å². The Morgan fingerprint density at radius 1 is 1.25 bits per heavy atom. The second-order valence-corrected chi connectivity index (χ2v) is 7.47. The number of nitrogens with two attached hydrogens (primary N) is 1. The van der Waals surface area contributed by atoms with Gasteiger partial charge in [0.25, 0.3) is 5.56 Å². The lowest BCUT2D eigenvalue weighted by Crippen LogP contribution is -2.34. The molecule has 3 N–H and O–H groups in total. The van der Waals surface area contributed by atoms with Crippen molar-refractivity contribution in [1.29, 1.82) is 0 Å². The fraction of sp³-hybridized carbons (Fsp3) is 0.421. The second kappa shape index (κ2) is 7.96. The summed E-state index contributed by atoms with van der Waals surface area (Å²) < 4.78 is 22.5. The van der Waals surface area contributed by atoms with Crippen LogP contribution in [0.25, 0.3) is 11.0 Å². The van der Waals surface area contributed by atoms with Crippen molar-refractivity contribution >= 4 is 28.5 Å². The summed E-state index contributed by atoms with van der Waals surface area (Å²) in [5, 5.41) is 0. The lowest BCUT2D eigenvalue weighted by molar-refractivity contribution is -0.0584. The zero-order valence-electron chi connectivity index (χ0n) is 15.6. The minimum Gasteiger partial charge on any atom is -0.376 e. The molecule has 0 bridgehead atoms. The molecule has 0 unspecified atom stereocenters. The van der Waals surface area contributed by atoms with E-state index in [9.17, 15) is 4.79 Å². The summed E-state index contributed by atoms with van der Waals surface area (Å²) in [7, 11) is 1.66. The van der Waals surface area contributed by atoms with E-state index in [1.807, 2.05) is 37.3 Å². The minimum absolute atomic E-state index is 0.0500. The molecule has 0 aliphatic carbocycles. The van der Waals surface area contributed by atoms with Crippen LogP contribution in [0.4, 0.5) is 5.95 Å². The van der Waals surface area contributed by atoms with Crippen molar-refractivity contribution in [3.8, 4) is 0 Å². The van der Waals surface area contributed by atoms with Gasteiger partial charge in [0, 0.05) is 7.11 Å². The maximum atomic E-state index is 12.1. The zero-order chi connectivity index (χ0) is 19.7. The quantitative estimate of drug-likeness (QED) is 0.651. The van der Waals surface area contributed by atoms with Crippen LogP contribution in [-0.2, 0) is 20.8 Å². The molecule has 3 aromatic rings. The smallest absolute Gasteiger partial charge is 0.279 e. The largest absolute Gasteiger partial charge is 0.376 e. The van der Waals surface area contributed by atoms with Gasteiger partial charge < -0.3 is 19.9 Å². The van der Waals surface area contributed by atoms with Gasteiger partial charge in [0.15, 0.2) is 5.52 Å². The van der Waals surface area contributed by atoms with E-state index in [1.165, 1.54) is 11.5 Å². The number of hydrogen-bond acceptors (Lipinski definition) is 8. The third kappa shape index (κ3) is 3.42. The standard InChI is InChI=1S/C19H22N4O4S/c1-3-11-14(25-2)15(26-9-10-7-5-4-6-8-10)16(27-11)17-12-13(23-28-17)18(24)22-19(20)21-12/h4-8,11,14-16H,3,9H2,1-2H3,(H3,20,21,22,24)/t11-,14-,15-,16-/m1/s1. The van der Waals surface area contributed by atoms with Crippen LogP contribution in [0.1, 0.15) is 29.9 Å². The summed E-state index contributed by atoms with van der Waals surface area (Å²) in [5.74, 6) is 0.0500. The van der Waals surface area contributed by atoms with Gasteiger partial charge in [-0.05, 0) is 23.5 Å². The highest BCUT2D eigenvalue weighted by Crippen LogP contribution is 2.42. The van der Waals surface area contributed by atoms with Crippen LogP contribution < -0.4 is 11.3 Å². The average Bonchev–Trinajstić information content (AvgIpc) is 3.27. The normalized spacial score (nSPS) is 24.8. The third-order valence-corrected chi connectivity index (χ3v) is 5.81. The molecule has 1 aromatic carbocycles. The Kier molecular flexibility index (Phi) is 5.40. The Morgan fingerprint density at radius 2 is 2.04 bits per heavy atom. The number of fused-ring (bicyclic) bond motifs is 1. The van der Waals surface area contributed by atoms with Gasteiger partial charge in [-0.1, -0.05) is 37.3 Å². The summed E-state index contributed by atoms with van der Waals surface area (Å²) >= 11 is 1.18. The van der Waals surface area contributed by atoms with E-state index in [0.717, 1.165) is 16.9 Å². The number of hydrogen-bond donors (Lipinski definition) is 2. The van der Waals surface area contributed by atoms with E-state index in [-0.39, 0.29) is 35.3 Å². The number of nitrogen functional groups attached to an aromatic ring is 1. The van der Waals surface area contributed by atoms with Gasteiger partial charge in [0.1, 0.15) is 23.8 Å². The molecule has 0 radical (unpaired) electrons. The van der Waals surface area contributed by atoms with E-state index in [4.69, 9.17) is 19.9 Å². The Bertz CT molecular complexity index is 1010. The molecule has 1 aliphatic heterocycles. The molecule has 2 aromatic heterocycles. The van der Waals surface area contributed by atoms with E-state index < -0.39 is 6.10 Å². The summed E-state index contributed by atoms with van der Waals surface area (Å²) in [4.78, 5) is 19.6. The molecule has 0 saturated carbocycles. The Labute approximate surface area is 165 Å². The highest BCUT2D eigenvalue weighted by molar-refractivity contribution is 7.07. The van der Waals surface area contributed by atoms with Crippen LogP contribution >= 0.6 is 11.5 Å². The van der Waals surface area contributed by atoms with Crippen molar-refractivity contribution < 1.29 is 14.2 Å². The summed E-state index contributed by atoms with van der Waals surface area (Å²) in [6.07, 6.45) is -0.404. The number of aromatic amines is 1. The maximum absolute atomic E-state index is 12.1. The van der Waals surface area contributed by atoms with Crippen LogP contribution in [0.3, 0.4) is 0 Å². The van der Waals surface area contributed by atoms with Crippen molar-refractivity contribution in [3.05, 3.63) is 51.1 Å². The predicted molar refractivity (Wildman–Crippen MR) is 106 cm³/mol. The van der Waals surface area contributed by atoms with Crippen molar-refractivity contribution in [2.24, 2.45) is 0 Å². The van der Waals surface area contributed by atoms with Gasteiger partial charge in [-0.3, -0.25) is 9.78 Å². The van der Waals surface area contributed by atoms with Crippen molar-refractivity contribution in [2.45, 2.75) is 44.4 Å². The number of benzene rings is 1. The molecule has 8 nitrogen and oxygen atoms in total. The third-order valence-electron chi connectivity index (χ3n) is 4.91. The molecular weight excluding hydrogens is 380 g/mol. The molecule has 4 atom stereocenters. The van der Waals surface area contributed by atoms with Gasteiger partial charge >= 0.3 is 0 Å². The predicted octanol–water partition coefficient (Wildman–Crippen LogP) is 2.41. The number of rotatable bonds is 6. The lowest BCUT2D eigenvalue weighted by Gasteiger charge is -2.23. The molecular formula is C19H22N4O4S. The number of nitrogens with one attached hydrogen (secondary N) is 1. The Balaban J connectivity index is 1.70. The molecule has 148 valence electrons. The van der Waals surface area contributed by atoms with Gasteiger partial charge in [-0.25, -0.2) is 4.98 Å². The highest BCUT2D eigenvalue weighted by atomic mass is 32.1. The SMILES string of the molecule is CC[C@H]1O[C@@H](c2snc3c(=O)[nH]c(N)nc23)[C@H](OCc2ccccc2)[C@@H]1OC.